The number of hydrogen-bond donors (Lipinski definition) is 3. The number of aromatic amines is 1. The van der Waals surface area contributed by atoms with Gasteiger partial charge >= 0.3 is 0 Å². The number of rotatable bonds is 5. The van der Waals surface area contributed by atoms with Gasteiger partial charge in [0.15, 0.2) is 11.4 Å². The maximum Gasteiger partial charge on any atom is 0.273 e. The Morgan fingerprint density at radius 1 is 1.41 bits per heavy atom. The van der Waals surface area contributed by atoms with Crippen molar-refractivity contribution in [2.45, 2.75) is 32.7 Å². The highest BCUT2D eigenvalue weighted by molar-refractivity contribution is 5.95. The van der Waals surface area contributed by atoms with Crippen LogP contribution in [0.1, 0.15) is 35.1 Å². The number of pyridine rings is 1. The third-order valence-corrected chi connectivity index (χ3v) is 4.81. The molecule has 0 aromatic carbocycles. The first-order valence-electron chi connectivity index (χ1n) is 8.77. The molecule has 2 atom stereocenters. The summed E-state index contributed by atoms with van der Waals surface area (Å²) in [6.45, 7) is 4.46. The Balaban J connectivity index is 1.55. The summed E-state index contributed by atoms with van der Waals surface area (Å²) in [5.74, 6) is -1.03. The lowest BCUT2D eigenvalue weighted by atomic mass is 10.1. The van der Waals surface area contributed by atoms with E-state index < -0.39 is 11.7 Å². The van der Waals surface area contributed by atoms with Gasteiger partial charge < -0.3 is 15.3 Å². The van der Waals surface area contributed by atoms with Gasteiger partial charge in [-0.3, -0.25) is 19.7 Å². The Morgan fingerprint density at radius 2 is 2.19 bits per heavy atom. The Morgan fingerprint density at radius 3 is 2.85 bits per heavy atom. The monoisotopic (exact) mass is 375 g/mol. The van der Waals surface area contributed by atoms with Crippen molar-refractivity contribution >= 4 is 11.8 Å². The number of likely N-dealkylation sites (tertiary alicyclic amines) is 1. The summed E-state index contributed by atoms with van der Waals surface area (Å²) in [4.78, 5) is 30.2. The molecule has 0 radical (unpaired) electrons. The zero-order valence-corrected chi connectivity index (χ0v) is 15.2. The van der Waals surface area contributed by atoms with Gasteiger partial charge in [-0.1, -0.05) is 6.92 Å². The lowest BCUT2D eigenvalue weighted by molar-refractivity contribution is -0.130. The van der Waals surface area contributed by atoms with Crippen LogP contribution in [0.2, 0.25) is 0 Å². The number of nitrogens with one attached hydrogen (secondary N) is 2. The minimum absolute atomic E-state index is 0.0167. The summed E-state index contributed by atoms with van der Waals surface area (Å²) in [5.41, 5.74) is 1.04. The summed E-state index contributed by atoms with van der Waals surface area (Å²) in [6.07, 6.45) is 3.33. The van der Waals surface area contributed by atoms with E-state index in [1.54, 1.807) is 18.0 Å². The Labute approximate surface area is 155 Å². The van der Waals surface area contributed by atoms with Gasteiger partial charge in [0.2, 0.25) is 5.91 Å². The predicted octanol–water partition coefficient (Wildman–Crippen LogP) is 1.17. The van der Waals surface area contributed by atoms with Gasteiger partial charge in [0.05, 0.1) is 12.2 Å². The fourth-order valence-corrected chi connectivity index (χ4v) is 3.19. The van der Waals surface area contributed by atoms with E-state index >= 15 is 0 Å². The molecule has 3 rings (SSSR count). The van der Waals surface area contributed by atoms with Crippen LogP contribution in [-0.2, 0) is 11.2 Å². The maximum atomic E-state index is 13.2. The van der Waals surface area contributed by atoms with Crippen molar-refractivity contribution < 1.29 is 19.1 Å². The molecule has 2 aromatic rings. The third kappa shape index (κ3) is 4.24. The largest absolute Gasteiger partial charge is 0.504 e. The first-order valence-corrected chi connectivity index (χ1v) is 8.77. The van der Waals surface area contributed by atoms with E-state index in [1.807, 2.05) is 6.92 Å². The van der Waals surface area contributed by atoms with Crippen molar-refractivity contribution in [3.63, 3.8) is 0 Å². The first-order chi connectivity index (χ1) is 12.8. The topological polar surface area (TPSA) is 111 Å². The minimum Gasteiger partial charge on any atom is -0.504 e. The molecule has 1 aliphatic rings. The van der Waals surface area contributed by atoms with Crippen LogP contribution in [0.4, 0.5) is 4.39 Å². The Kier molecular flexibility index (Phi) is 5.38. The van der Waals surface area contributed by atoms with Crippen LogP contribution < -0.4 is 5.32 Å². The summed E-state index contributed by atoms with van der Waals surface area (Å²) in [7, 11) is 0. The predicted molar refractivity (Wildman–Crippen MR) is 94.5 cm³/mol. The Hall–Kier alpha value is -2.97. The lowest BCUT2D eigenvalue weighted by Crippen LogP contribution is -2.40. The van der Waals surface area contributed by atoms with E-state index in [4.69, 9.17) is 0 Å². The molecule has 1 aliphatic heterocycles. The fourth-order valence-electron chi connectivity index (χ4n) is 3.19. The van der Waals surface area contributed by atoms with E-state index in [0.717, 1.165) is 6.20 Å². The van der Waals surface area contributed by atoms with Crippen molar-refractivity contribution in [2.75, 3.05) is 13.1 Å². The number of hydrogen-bond acceptors (Lipinski definition) is 5. The second kappa shape index (κ2) is 7.73. The van der Waals surface area contributed by atoms with Crippen molar-refractivity contribution in [1.82, 2.24) is 25.4 Å². The van der Waals surface area contributed by atoms with Crippen LogP contribution in [0, 0.1) is 18.7 Å². The van der Waals surface area contributed by atoms with Crippen molar-refractivity contribution in [3.05, 3.63) is 41.2 Å². The highest BCUT2D eigenvalue weighted by Gasteiger charge is 2.34. The summed E-state index contributed by atoms with van der Waals surface area (Å²) < 4.78 is 13.2. The SMILES string of the molecule is Cc1n[nH]c(C(=O)NC2CN(C(=O)CCc3cncc(F)c3)CC2C)c1O. The number of carbonyl (C=O) groups excluding carboxylic acids is 2. The summed E-state index contributed by atoms with van der Waals surface area (Å²) in [6, 6.07) is 1.15. The van der Waals surface area contributed by atoms with E-state index in [1.165, 1.54) is 6.07 Å². The molecule has 2 unspecified atom stereocenters. The molecule has 0 aliphatic carbocycles. The first kappa shape index (κ1) is 18.8. The lowest BCUT2D eigenvalue weighted by Gasteiger charge is -2.17. The van der Waals surface area contributed by atoms with Crippen LogP contribution >= 0.6 is 0 Å². The molecule has 2 aromatic heterocycles. The average molecular weight is 375 g/mol. The number of carbonyl (C=O) groups is 2. The second-order valence-corrected chi connectivity index (χ2v) is 6.90. The van der Waals surface area contributed by atoms with Gasteiger partial charge in [0.25, 0.3) is 5.91 Å². The number of aryl methyl sites for hydroxylation is 2. The fraction of sp³-hybridized carbons (Fsp3) is 0.444. The van der Waals surface area contributed by atoms with Crippen LogP contribution in [0.15, 0.2) is 18.5 Å². The highest BCUT2D eigenvalue weighted by Crippen LogP contribution is 2.21. The number of halogens is 1. The summed E-state index contributed by atoms with van der Waals surface area (Å²) in [5, 5.41) is 19.0. The summed E-state index contributed by atoms with van der Waals surface area (Å²) >= 11 is 0. The molecule has 2 amide bonds. The number of amides is 2. The standard InChI is InChI=1S/C18H22FN5O3/c1-10-8-24(15(25)4-3-12-5-13(19)7-20-6-12)9-14(10)21-18(27)16-17(26)11(2)22-23-16/h5-7,10,14,26H,3-4,8-9H2,1-2H3,(H,21,27)(H,22,23). The molecule has 9 heteroatoms. The highest BCUT2D eigenvalue weighted by atomic mass is 19.1. The quantitative estimate of drug-likeness (QED) is 0.726. The number of aromatic nitrogens is 3. The minimum atomic E-state index is -0.454. The number of H-pyrrole nitrogens is 1. The molecule has 144 valence electrons. The zero-order valence-electron chi connectivity index (χ0n) is 15.2. The molecular weight excluding hydrogens is 353 g/mol. The van der Waals surface area contributed by atoms with Gasteiger partial charge in [-0.15, -0.1) is 0 Å². The molecule has 8 nitrogen and oxygen atoms in total. The van der Waals surface area contributed by atoms with Gasteiger partial charge in [-0.25, -0.2) is 4.39 Å². The average Bonchev–Trinajstić information content (AvgIpc) is 3.16. The van der Waals surface area contributed by atoms with Crippen molar-refractivity contribution in [3.8, 4) is 5.75 Å². The molecule has 1 saturated heterocycles. The molecule has 0 bridgehead atoms. The van der Waals surface area contributed by atoms with Gasteiger partial charge in [-0.05, 0) is 30.9 Å². The molecular formula is C18H22FN5O3. The normalized spacial score (nSPS) is 19.3. The maximum absolute atomic E-state index is 13.2. The van der Waals surface area contributed by atoms with E-state index in [-0.39, 0.29) is 35.7 Å². The Bertz CT molecular complexity index is 853. The van der Waals surface area contributed by atoms with Crippen LogP contribution in [-0.4, -0.2) is 56.1 Å². The smallest absolute Gasteiger partial charge is 0.273 e. The molecule has 27 heavy (non-hydrogen) atoms. The van der Waals surface area contributed by atoms with Gasteiger partial charge in [0, 0.05) is 25.7 Å². The molecule has 0 spiro atoms. The molecule has 3 N–H and O–H groups in total. The zero-order chi connectivity index (χ0) is 19.6. The van der Waals surface area contributed by atoms with Gasteiger partial charge in [0.1, 0.15) is 11.5 Å². The van der Waals surface area contributed by atoms with E-state index in [9.17, 15) is 19.1 Å². The number of nitrogens with zero attached hydrogens (tertiary/aromatic N) is 3. The van der Waals surface area contributed by atoms with E-state index in [0.29, 0.717) is 30.8 Å². The third-order valence-electron chi connectivity index (χ3n) is 4.81. The van der Waals surface area contributed by atoms with Crippen molar-refractivity contribution in [1.29, 1.82) is 0 Å². The van der Waals surface area contributed by atoms with Crippen molar-refractivity contribution in [2.24, 2.45) is 5.92 Å². The molecule has 0 saturated carbocycles. The van der Waals surface area contributed by atoms with Gasteiger partial charge in [-0.2, -0.15) is 5.10 Å². The van der Waals surface area contributed by atoms with E-state index in [2.05, 4.69) is 20.5 Å². The van der Waals surface area contributed by atoms with Crippen LogP contribution in [0.25, 0.3) is 0 Å². The second-order valence-electron chi connectivity index (χ2n) is 6.90. The van der Waals surface area contributed by atoms with Crippen LogP contribution in [0.3, 0.4) is 0 Å². The number of aromatic hydroxyl groups is 1. The molecule has 1 fully saturated rings. The van der Waals surface area contributed by atoms with Crippen LogP contribution in [0.5, 0.6) is 5.75 Å². The molecule has 3 heterocycles.